The number of fused-ring (bicyclic) bond motifs is 4. The highest BCUT2D eigenvalue weighted by Crippen LogP contribution is 2.45. The average molecular weight is 578 g/mol. The van der Waals surface area contributed by atoms with Crippen LogP contribution in [0.15, 0.2) is 24.4 Å². The van der Waals surface area contributed by atoms with Crippen LogP contribution in [0.5, 0.6) is 5.75 Å². The van der Waals surface area contributed by atoms with Crippen LogP contribution >= 0.6 is 0 Å². The van der Waals surface area contributed by atoms with Crippen LogP contribution in [0.25, 0.3) is 11.2 Å². The number of imidazole rings is 1. The number of nitrogens with zero attached hydrogens (tertiary/aromatic N) is 3. The molecule has 7 rings (SSSR count). The summed E-state index contributed by atoms with van der Waals surface area (Å²) < 4.78 is 63.0. The van der Waals surface area contributed by atoms with Crippen molar-refractivity contribution in [2.45, 2.75) is 62.3 Å². The van der Waals surface area contributed by atoms with Crippen molar-refractivity contribution in [1.82, 2.24) is 19.9 Å². The summed E-state index contributed by atoms with van der Waals surface area (Å²) in [6, 6.07) is 2.84. The smallest absolute Gasteiger partial charge is 0.465 e. The third kappa shape index (κ3) is 5.27. The van der Waals surface area contributed by atoms with Gasteiger partial charge in [-0.1, -0.05) is 0 Å². The Labute approximate surface area is 231 Å². The Bertz CT molecular complexity index is 1480. The maximum absolute atomic E-state index is 15.2. The van der Waals surface area contributed by atoms with Gasteiger partial charge in [-0.2, -0.15) is 0 Å². The number of piperidine rings is 1. The van der Waals surface area contributed by atoms with Crippen molar-refractivity contribution >= 4 is 28.9 Å². The number of carboxylic acid groups (broad SMARTS) is 1. The Kier molecular flexibility index (Phi) is 6.75. The third-order valence-corrected chi connectivity index (χ3v) is 8.38. The van der Waals surface area contributed by atoms with Gasteiger partial charge in [0.25, 0.3) is 5.91 Å². The van der Waals surface area contributed by atoms with Gasteiger partial charge in [0.2, 0.25) is 0 Å². The van der Waals surface area contributed by atoms with Crippen LogP contribution in [0.3, 0.4) is 0 Å². The molecule has 3 aliphatic heterocycles. The largest absolute Gasteiger partial charge is 0.573 e. The highest BCUT2D eigenvalue weighted by Gasteiger charge is 2.45. The van der Waals surface area contributed by atoms with Crippen LogP contribution in [-0.2, 0) is 10.2 Å². The SMILES string of the molecule is O=C(O)Nc1cc(OC(F)(F)F)ccc1C(=O)N1CCC(c2c(F)cnc3[nH]c(C45CCC(CC4)OC5)nc23)CC1. The van der Waals surface area contributed by atoms with Gasteiger partial charge in [0.15, 0.2) is 5.65 Å². The number of anilines is 1. The second kappa shape index (κ2) is 10.2. The molecular weight excluding hydrogens is 550 g/mol. The van der Waals surface area contributed by atoms with Gasteiger partial charge < -0.3 is 24.5 Å². The van der Waals surface area contributed by atoms with E-state index in [9.17, 15) is 22.8 Å². The normalized spacial score (nSPS) is 23.1. The van der Waals surface area contributed by atoms with Crippen molar-refractivity contribution in [3.63, 3.8) is 0 Å². The Morgan fingerprint density at radius 2 is 1.90 bits per heavy atom. The minimum atomic E-state index is -4.99. The number of halogens is 4. The van der Waals surface area contributed by atoms with Crippen LogP contribution < -0.4 is 10.1 Å². The lowest BCUT2D eigenvalue weighted by Gasteiger charge is -2.44. The second-order valence-corrected chi connectivity index (χ2v) is 10.8. The Hall–Kier alpha value is -3.94. The van der Waals surface area contributed by atoms with E-state index in [2.05, 4.69) is 14.7 Å². The summed E-state index contributed by atoms with van der Waals surface area (Å²) in [6.07, 6.45) is -0.465. The van der Waals surface area contributed by atoms with Crippen molar-refractivity contribution < 1.29 is 41.7 Å². The summed E-state index contributed by atoms with van der Waals surface area (Å²) in [7, 11) is 0. The summed E-state index contributed by atoms with van der Waals surface area (Å²) in [5.74, 6) is -1.21. The van der Waals surface area contributed by atoms with E-state index in [1.165, 1.54) is 11.1 Å². The van der Waals surface area contributed by atoms with Gasteiger partial charge in [-0.05, 0) is 56.6 Å². The molecule has 0 radical (unpaired) electrons. The molecule has 1 saturated carbocycles. The number of aromatic amines is 1. The molecule has 0 unspecified atom stereocenters. The van der Waals surface area contributed by atoms with Gasteiger partial charge >= 0.3 is 12.5 Å². The third-order valence-electron chi connectivity index (χ3n) is 8.38. The van der Waals surface area contributed by atoms with Gasteiger partial charge in [-0.15, -0.1) is 13.2 Å². The van der Waals surface area contributed by atoms with Crippen molar-refractivity contribution in [3.8, 4) is 5.75 Å². The molecule has 1 aliphatic carbocycles. The number of pyridine rings is 1. The molecular formula is C27H27F4N5O5. The number of aromatic nitrogens is 3. The number of nitrogens with one attached hydrogen (secondary N) is 2. The van der Waals surface area contributed by atoms with E-state index < -0.39 is 29.9 Å². The van der Waals surface area contributed by atoms with Gasteiger partial charge in [-0.3, -0.25) is 10.1 Å². The molecule has 2 amide bonds. The molecule has 3 N–H and O–H groups in total. The molecule has 10 nitrogen and oxygen atoms in total. The first-order chi connectivity index (χ1) is 19.5. The molecule has 14 heteroatoms. The predicted molar refractivity (Wildman–Crippen MR) is 136 cm³/mol. The topological polar surface area (TPSA) is 130 Å². The zero-order chi connectivity index (χ0) is 28.9. The standard InChI is InChI=1S/C27H27F4N5O5/c28-18-12-32-22-21(34-24(35-22)26-7-3-15(4-8-26)40-13-26)20(18)14-5-9-36(10-6-14)23(37)17-2-1-16(41-27(29,30)31)11-19(17)33-25(38)39/h1-2,11-12,14-15,33H,3-10,13H2,(H,38,39)(H,32,34,35). The molecule has 4 fully saturated rings. The Morgan fingerprint density at radius 1 is 1.17 bits per heavy atom. The highest BCUT2D eigenvalue weighted by atomic mass is 19.4. The summed E-state index contributed by atoms with van der Waals surface area (Å²) in [6.45, 7) is 1.00. The zero-order valence-corrected chi connectivity index (χ0v) is 21.8. The Balaban J connectivity index is 1.21. The lowest BCUT2D eigenvalue weighted by Crippen LogP contribution is -2.46. The minimum Gasteiger partial charge on any atom is -0.465 e. The maximum atomic E-state index is 15.2. The molecule has 2 aromatic heterocycles. The van der Waals surface area contributed by atoms with Crippen LogP contribution in [0.4, 0.5) is 28.0 Å². The molecule has 41 heavy (non-hydrogen) atoms. The fraction of sp³-hybridized carbons (Fsp3) is 0.481. The number of amides is 2. The first kappa shape index (κ1) is 27.2. The summed E-state index contributed by atoms with van der Waals surface area (Å²) in [4.78, 5) is 38.4. The Morgan fingerprint density at radius 3 is 2.54 bits per heavy atom. The number of benzene rings is 1. The van der Waals surface area contributed by atoms with E-state index in [1.54, 1.807) is 0 Å². The highest BCUT2D eigenvalue weighted by molar-refractivity contribution is 6.02. The van der Waals surface area contributed by atoms with Crippen LogP contribution in [0.1, 0.15) is 66.2 Å². The summed E-state index contributed by atoms with van der Waals surface area (Å²) in [5, 5.41) is 11.1. The average Bonchev–Trinajstić information content (AvgIpc) is 3.38. The number of H-pyrrole nitrogens is 1. The van der Waals surface area contributed by atoms with E-state index >= 15 is 4.39 Å². The predicted octanol–water partition coefficient (Wildman–Crippen LogP) is 5.32. The fourth-order valence-corrected chi connectivity index (χ4v) is 6.29. The van der Waals surface area contributed by atoms with Crippen LogP contribution in [-0.4, -0.2) is 69.1 Å². The molecule has 3 aromatic rings. The number of hydrogen-bond donors (Lipinski definition) is 3. The van der Waals surface area contributed by atoms with Crippen molar-refractivity contribution in [3.05, 3.63) is 47.2 Å². The number of carbonyl (C=O) groups excluding carboxylic acids is 1. The summed E-state index contributed by atoms with van der Waals surface area (Å²) in [5.41, 5.74) is 0.716. The molecule has 2 bridgehead atoms. The lowest BCUT2D eigenvalue weighted by atomic mass is 9.71. The number of carbonyl (C=O) groups is 2. The van der Waals surface area contributed by atoms with Gasteiger partial charge in [0.05, 0.1) is 35.6 Å². The molecule has 3 saturated heterocycles. The van der Waals surface area contributed by atoms with Gasteiger partial charge in [0, 0.05) is 24.7 Å². The summed E-state index contributed by atoms with van der Waals surface area (Å²) >= 11 is 0. The quantitative estimate of drug-likeness (QED) is 0.350. The van der Waals surface area contributed by atoms with Crippen molar-refractivity contribution in [1.29, 1.82) is 0 Å². The van der Waals surface area contributed by atoms with E-state index in [0.29, 0.717) is 42.3 Å². The number of alkyl halides is 3. The first-order valence-corrected chi connectivity index (χ1v) is 13.4. The van der Waals surface area contributed by atoms with E-state index in [-0.39, 0.29) is 35.7 Å². The number of likely N-dealkylation sites (tertiary alicyclic amines) is 1. The lowest BCUT2D eigenvalue weighted by molar-refractivity contribution is -0.274. The number of hydrogen-bond acceptors (Lipinski definition) is 6. The number of ether oxygens (including phenoxy) is 2. The zero-order valence-electron chi connectivity index (χ0n) is 21.8. The van der Waals surface area contributed by atoms with Crippen molar-refractivity contribution in [2.24, 2.45) is 0 Å². The monoisotopic (exact) mass is 577 g/mol. The first-order valence-electron chi connectivity index (χ1n) is 13.4. The van der Waals surface area contributed by atoms with Crippen LogP contribution in [0, 0.1) is 5.82 Å². The molecule has 5 heterocycles. The van der Waals surface area contributed by atoms with E-state index in [0.717, 1.165) is 49.7 Å². The second-order valence-electron chi connectivity index (χ2n) is 10.8. The maximum Gasteiger partial charge on any atom is 0.573 e. The fourth-order valence-electron chi connectivity index (χ4n) is 6.29. The van der Waals surface area contributed by atoms with Gasteiger partial charge in [-0.25, -0.2) is 19.2 Å². The molecule has 0 atom stereocenters. The van der Waals surface area contributed by atoms with E-state index in [1.807, 2.05) is 5.32 Å². The molecule has 4 aliphatic rings. The minimum absolute atomic E-state index is 0.126. The molecule has 218 valence electrons. The van der Waals surface area contributed by atoms with Gasteiger partial charge in [0.1, 0.15) is 22.9 Å². The molecule has 0 spiro atoms. The van der Waals surface area contributed by atoms with Crippen LogP contribution in [0.2, 0.25) is 0 Å². The number of rotatable bonds is 5. The molecule has 1 aromatic carbocycles. The van der Waals surface area contributed by atoms with Crippen molar-refractivity contribution in [2.75, 3.05) is 25.0 Å². The van der Waals surface area contributed by atoms with E-state index in [4.69, 9.17) is 14.8 Å².